The van der Waals surface area contributed by atoms with E-state index in [2.05, 4.69) is 48.7 Å². The van der Waals surface area contributed by atoms with Gasteiger partial charge in [0.05, 0.1) is 0 Å². The smallest absolute Gasteiger partial charge is 0.0148 e. The molecule has 0 atom stereocenters. The zero-order valence-electron chi connectivity index (χ0n) is 14.9. The van der Waals surface area contributed by atoms with E-state index in [0.717, 1.165) is 12.5 Å². The van der Waals surface area contributed by atoms with Gasteiger partial charge in [0.2, 0.25) is 0 Å². The Kier molecular flexibility index (Phi) is 6.46. The summed E-state index contributed by atoms with van der Waals surface area (Å²) in [4.78, 5) is 0. The molecule has 1 heterocycles. The fraction of sp³-hybridized carbons (Fsp3) is 0.700. The molecule has 0 saturated carbocycles. The van der Waals surface area contributed by atoms with E-state index in [-0.39, 0.29) is 0 Å². The molecule has 0 amide bonds. The van der Waals surface area contributed by atoms with Crippen LogP contribution in [0.1, 0.15) is 51.7 Å². The van der Waals surface area contributed by atoms with Crippen molar-refractivity contribution in [2.75, 3.05) is 19.6 Å². The summed E-state index contributed by atoms with van der Waals surface area (Å²) in [5, 5.41) is 7.32. The van der Waals surface area contributed by atoms with Crippen molar-refractivity contribution in [3.8, 4) is 0 Å². The Bertz CT molecular complexity index is 422. The third-order valence-electron chi connectivity index (χ3n) is 5.34. The highest BCUT2D eigenvalue weighted by Crippen LogP contribution is 2.33. The summed E-state index contributed by atoms with van der Waals surface area (Å²) in [7, 11) is 0. The maximum absolute atomic E-state index is 3.85. The van der Waals surface area contributed by atoms with Gasteiger partial charge in [-0.2, -0.15) is 0 Å². The quantitative estimate of drug-likeness (QED) is 0.884. The maximum atomic E-state index is 3.85. The van der Waals surface area contributed by atoms with Crippen molar-refractivity contribution in [2.45, 2.75) is 59.4 Å². The minimum atomic E-state index is 0.414. The van der Waals surface area contributed by atoms with E-state index in [4.69, 9.17) is 0 Å². The highest BCUT2D eigenvalue weighted by Gasteiger charge is 2.31. The van der Waals surface area contributed by atoms with Crippen LogP contribution in [0.5, 0.6) is 0 Å². The molecule has 1 fully saturated rings. The molecule has 124 valence electrons. The molecule has 1 aromatic rings. The van der Waals surface area contributed by atoms with E-state index >= 15 is 0 Å². The highest BCUT2D eigenvalue weighted by molar-refractivity contribution is 5.33. The lowest BCUT2D eigenvalue weighted by atomic mass is 9.74. The molecular formula is C20H34N2. The normalized spacial score (nSPS) is 19.5. The summed E-state index contributed by atoms with van der Waals surface area (Å²) >= 11 is 0. The van der Waals surface area contributed by atoms with Gasteiger partial charge < -0.3 is 10.6 Å². The van der Waals surface area contributed by atoms with E-state index in [1.165, 1.54) is 38.8 Å². The lowest BCUT2D eigenvalue weighted by Crippen LogP contribution is -2.44. The first-order valence-electron chi connectivity index (χ1n) is 9.16. The SMILES string of the molecule is CC.CC(C)(CNC1Cc2ccccc2C1)C1CCNCC1. The Morgan fingerprint density at radius 2 is 1.59 bits per heavy atom. The average Bonchev–Trinajstić information content (AvgIpc) is 2.99. The summed E-state index contributed by atoms with van der Waals surface area (Å²) < 4.78 is 0. The minimum absolute atomic E-state index is 0.414. The predicted molar refractivity (Wildman–Crippen MR) is 96.4 cm³/mol. The van der Waals surface area contributed by atoms with E-state index < -0.39 is 0 Å². The van der Waals surface area contributed by atoms with Crippen LogP contribution in [0.25, 0.3) is 0 Å². The molecule has 0 unspecified atom stereocenters. The minimum Gasteiger partial charge on any atom is -0.317 e. The maximum Gasteiger partial charge on any atom is 0.0148 e. The van der Waals surface area contributed by atoms with Gasteiger partial charge in [-0.25, -0.2) is 0 Å². The Labute approximate surface area is 137 Å². The number of piperidine rings is 1. The molecule has 1 aliphatic heterocycles. The van der Waals surface area contributed by atoms with E-state index in [9.17, 15) is 0 Å². The third-order valence-corrected chi connectivity index (χ3v) is 5.34. The van der Waals surface area contributed by atoms with Gasteiger partial charge in [0.15, 0.2) is 0 Å². The van der Waals surface area contributed by atoms with Crippen LogP contribution in [0, 0.1) is 11.3 Å². The van der Waals surface area contributed by atoms with Gasteiger partial charge in [-0.3, -0.25) is 0 Å². The fourth-order valence-electron chi connectivity index (χ4n) is 3.86. The summed E-state index contributed by atoms with van der Waals surface area (Å²) in [5.74, 6) is 0.861. The van der Waals surface area contributed by atoms with Crippen LogP contribution >= 0.6 is 0 Å². The predicted octanol–water partition coefficient (Wildman–Crippen LogP) is 3.80. The van der Waals surface area contributed by atoms with Crippen molar-refractivity contribution in [3.63, 3.8) is 0 Å². The fourth-order valence-corrected chi connectivity index (χ4v) is 3.86. The number of fused-ring (bicyclic) bond motifs is 1. The monoisotopic (exact) mass is 302 g/mol. The van der Waals surface area contributed by atoms with E-state index in [0.29, 0.717) is 11.5 Å². The zero-order valence-corrected chi connectivity index (χ0v) is 14.9. The van der Waals surface area contributed by atoms with Crippen molar-refractivity contribution < 1.29 is 0 Å². The molecule has 2 nitrogen and oxygen atoms in total. The molecule has 3 rings (SSSR count). The van der Waals surface area contributed by atoms with Crippen LogP contribution in [0.15, 0.2) is 24.3 Å². The lowest BCUT2D eigenvalue weighted by molar-refractivity contribution is 0.157. The third kappa shape index (κ3) is 4.33. The molecule has 2 aliphatic rings. The largest absolute Gasteiger partial charge is 0.317 e. The first kappa shape index (κ1) is 17.5. The molecule has 0 aromatic heterocycles. The topological polar surface area (TPSA) is 24.1 Å². The van der Waals surface area contributed by atoms with Gasteiger partial charge in [-0.15, -0.1) is 0 Å². The van der Waals surface area contributed by atoms with Gasteiger partial charge in [-0.1, -0.05) is 52.0 Å². The molecule has 0 radical (unpaired) electrons. The molecular weight excluding hydrogens is 268 g/mol. The van der Waals surface area contributed by atoms with Crippen LogP contribution in [0.4, 0.5) is 0 Å². The number of nitrogens with one attached hydrogen (secondary N) is 2. The number of benzene rings is 1. The number of rotatable bonds is 4. The van der Waals surface area contributed by atoms with Gasteiger partial charge in [-0.05, 0) is 61.2 Å². The van der Waals surface area contributed by atoms with Crippen molar-refractivity contribution >= 4 is 0 Å². The highest BCUT2D eigenvalue weighted by atomic mass is 14.9. The Hall–Kier alpha value is -0.860. The molecule has 2 heteroatoms. The molecule has 0 spiro atoms. The summed E-state index contributed by atoms with van der Waals surface area (Å²) in [6.07, 6.45) is 5.08. The van der Waals surface area contributed by atoms with E-state index in [1.54, 1.807) is 11.1 Å². The second-order valence-electron chi connectivity index (χ2n) is 7.27. The molecule has 1 saturated heterocycles. The Balaban J connectivity index is 0.000000847. The van der Waals surface area contributed by atoms with Crippen molar-refractivity contribution in [1.29, 1.82) is 0 Å². The number of hydrogen-bond donors (Lipinski definition) is 2. The van der Waals surface area contributed by atoms with Crippen LogP contribution in [-0.4, -0.2) is 25.7 Å². The lowest BCUT2D eigenvalue weighted by Gasteiger charge is -2.38. The summed E-state index contributed by atoms with van der Waals surface area (Å²) in [6, 6.07) is 9.55. The summed E-state index contributed by atoms with van der Waals surface area (Å²) in [5.41, 5.74) is 3.51. The van der Waals surface area contributed by atoms with E-state index in [1.807, 2.05) is 13.8 Å². The van der Waals surface area contributed by atoms with Gasteiger partial charge in [0, 0.05) is 12.6 Å². The van der Waals surface area contributed by atoms with Gasteiger partial charge in [0.1, 0.15) is 0 Å². The molecule has 1 aliphatic carbocycles. The number of hydrogen-bond acceptors (Lipinski definition) is 2. The van der Waals surface area contributed by atoms with Crippen LogP contribution in [0.3, 0.4) is 0 Å². The van der Waals surface area contributed by atoms with Crippen molar-refractivity contribution in [2.24, 2.45) is 11.3 Å². The zero-order chi connectivity index (χ0) is 16.0. The average molecular weight is 303 g/mol. The molecule has 2 N–H and O–H groups in total. The molecule has 0 bridgehead atoms. The van der Waals surface area contributed by atoms with Crippen LogP contribution < -0.4 is 10.6 Å². The van der Waals surface area contributed by atoms with Crippen molar-refractivity contribution in [3.05, 3.63) is 35.4 Å². The Morgan fingerprint density at radius 3 is 2.14 bits per heavy atom. The second-order valence-corrected chi connectivity index (χ2v) is 7.27. The molecule has 22 heavy (non-hydrogen) atoms. The Morgan fingerprint density at radius 1 is 1.05 bits per heavy atom. The van der Waals surface area contributed by atoms with Crippen LogP contribution in [-0.2, 0) is 12.8 Å². The standard InChI is InChI=1S/C18H28N2.C2H6/c1-18(2,16-7-9-19-10-8-16)13-20-17-11-14-5-3-4-6-15(14)12-17;1-2/h3-6,16-17,19-20H,7-13H2,1-2H3;1-2H3. The van der Waals surface area contributed by atoms with Crippen molar-refractivity contribution in [1.82, 2.24) is 10.6 Å². The molecule has 1 aromatic carbocycles. The summed E-state index contributed by atoms with van der Waals surface area (Å²) in [6.45, 7) is 12.4. The van der Waals surface area contributed by atoms with Crippen LogP contribution in [0.2, 0.25) is 0 Å². The van der Waals surface area contributed by atoms with Gasteiger partial charge >= 0.3 is 0 Å². The van der Waals surface area contributed by atoms with Gasteiger partial charge in [0.25, 0.3) is 0 Å². The first-order chi connectivity index (χ1) is 10.6. The first-order valence-corrected chi connectivity index (χ1v) is 9.16. The second kappa shape index (κ2) is 8.12.